The molecule has 1 fully saturated rings. The zero-order chi connectivity index (χ0) is 13.0. The first kappa shape index (κ1) is 14.0. The van der Waals surface area contributed by atoms with E-state index in [4.69, 9.17) is 4.74 Å². The van der Waals surface area contributed by atoms with E-state index < -0.39 is 0 Å². The third kappa shape index (κ3) is 3.56. The minimum atomic E-state index is 0.503. The topological polar surface area (TPSA) is 12.5 Å². The van der Waals surface area contributed by atoms with Gasteiger partial charge in [-0.3, -0.25) is 4.90 Å². The van der Waals surface area contributed by atoms with Crippen LogP contribution in [0.1, 0.15) is 30.9 Å². The highest BCUT2D eigenvalue weighted by Crippen LogP contribution is 2.18. The second-order valence-electron chi connectivity index (χ2n) is 5.25. The van der Waals surface area contributed by atoms with Crippen molar-refractivity contribution in [1.82, 2.24) is 4.90 Å². The van der Waals surface area contributed by atoms with Crippen LogP contribution >= 0.6 is 15.9 Å². The molecule has 18 heavy (non-hydrogen) atoms. The van der Waals surface area contributed by atoms with Crippen LogP contribution in [-0.2, 0) is 11.3 Å². The molecule has 0 aliphatic carbocycles. The van der Waals surface area contributed by atoms with Gasteiger partial charge >= 0.3 is 0 Å². The first-order chi connectivity index (χ1) is 8.70. The number of ether oxygens (including phenoxy) is 1. The monoisotopic (exact) mass is 311 g/mol. The molecule has 1 saturated heterocycles. The van der Waals surface area contributed by atoms with Crippen LogP contribution < -0.4 is 0 Å². The van der Waals surface area contributed by atoms with Gasteiger partial charge < -0.3 is 4.74 Å². The van der Waals surface area contributed by atoms with Gasteiger partial charge in [-0.25, -0.2) is 0 Å². The first-order valence-corrected chi connectivity index (χ1v) is 7.79. The third-order valence-corrected chi connectivity index (χ3v) is 4.31. The van der Waals surface area contributed by atoms with Crippen LogP contribution in [0.3, 0.4) is 0 Å². The van der Waals surface area contributed by atoms with E-state index in [9.17, 15) is 0 Å². The average Bonchev–Trinajstić information content (AvgIpc) is 2.40. The first-order valence-electron chi connectivity index (χ1n) is 6.67. The summed E-state index contributed by atoms with van der Waals surface area (Å²) in [7, 11) is 0. The van der Waals surface area contributed by atoms with Gasteiger partial charge in [-0.2, -0.15) is 0 Å². The van der Waals surface area contributed by atoms with E-state index in [0.717, 1.165) is 31.6 Å². The molecule has 1 atom stereocenters. The molecule has 0 bridgehead atoms. The molecular weight excluding hydrogens is 290 g/mol. The van der Waals surface area contributed by atoms with Gasteiger partial charge in [-0.15, -0.1) is 0 Å². The Morgan fingerprint density at radius 1 is 1.33 bits per heavy atom. The van der Waals surface area contributed by atoms with Crippen molar-refractivity contribution in [3.8, 4) is 0 Å². The molecule has 0 spiro atoms. The van der Waals surface area contributed by atoms with Gasteiger partial charge in [0.1, 0.15) is 0 Å². The summed E-state index contributed by atoms with van der Waals surface area (Å²) in [4.78, 5) is 2.50. The number of morpholine rings is 1. The zero-order valence-corrected chi connectivity index (χ0v) is 12.8. The van der Waals surface area contributed by atoms with E-state index in [1.54, 1.807) is 0 Å². The number of alkyl halides is 1. The number of hydrogen-bond donors (Lipinski definition) is 0. The summed E-state index contributed by atoms with van der Waals surface area (Å²) in [6.07, 6.45) is 0. The van der Waals surface area contributed by atoms with Gasteiger partial charge in [0, 0.05) is 24.5 Å². The van der Waals surface area contributed by atoms with E-state index in [-0.39, 0.29) is 0 Å². The quantitative estimate of drug-likeness (QED) is 0.790. The number of nitrogens with zero attached hydrogens (tertiary/aromatic N) is 1. The maximum Gasteiger partial charge on any atom is 0.0630 e. The van der Waals surface area contributed by atoms with Gasteiger partial charge in [0.15, 0.2) is 0 Å². The van der Waals surface area contributed by atoms with Crippen molar-refractivity contribution in [2.45, 2.75) is 32.4 Å². The molecule has 1 unspecified atom stereocenters. The SMILES string of the molecule is CC(C)c1ccc(CN2CCOCC2CBr)cc1. The van der Waals surface area contributed by atoms with E-state index >= 15 is 0 Å². The fraction of sp³-hybridized carbons (Fsp3) is 0.600. The second-order valence-corrected chi connectivity index (χ2v) is 5.90. The fourth-order valence-corrected chi connectivity index (χ4v) is 2.88. The fourth-order valence-electron chi connectivity index (χ4n) is 2.28. The van der Waals surface area contributed by atoms with Crippen molar-refractivity contribution in [2.75, 3.05) is 25.1 Å². The molecule has 3 heteroatoms. The van der Waals surface area contributed by atoms with Gasteiger partial charge in [-0.1, -0.05) is 54.0 Å². The number of hydrogen-bond acceptors (Lipinski definition) is 2. The van der Waals surface area contributed by atoms with Crippen molar-refractivity contribution in [1.29, 1.82) is 0 Å². The van der Waals surface area contributed by atoms with Crippen LogP contribution in [0, 0.1) is 0 Å². The average molecular weight is 312 g/mol. The molecule has 1 aliphatic rings. The number of halogens is 1. The molecule has 0 N–H and O–H groups in total. The molecule has 100 valence electrons. The van der Waals surface area contributed by atoms with Crippen molar-refractivity contribution < 1.29 is 4.74 Å². The highest BCUT2D eigenvalue weighted by molar-refractivity contribution is 9.09. The zero-order valence-electron chi connectivity index (χ0n) is 11.2. The van der Waals surface area contributed by atoms with E-state index in [1.807, 2.05) is 0 Å². The maximum absolute atomic E-state index is 5.52. The van der Waals surface area contributed by atoms with E-state index in [2.05, 4.69) is 58.9 Å². The summed E-state index contributed by atoms with van der Waals surface area (Å²) >= 11 is 3.57. The maximum atomic E-state index is 5.52. The molecule has 0 amide bonds. The molecule has 0 aromatic heterocycles. The third-order valence-electron chi connectivity index (χ3n) is 3.56. The molecule has 1 aliphatic heterocycles. The van der Waals surface area contributed by atoms with Crippen LogP contribution in [0.4, 0.5) is 0 Å². The highest BCUT2D eigenvalue weighted by atomic mass is 79.9. The van der Waals surface area contributed by atoms with Gasteiger partial charge in [0.25, 0.3) is 0 Å². The summed E-state index contributed by atoms with van der Waals surface area (Å²) < 4.78 is 5.52. The minimum absolute atomic E-state index is 0.503. The van der Waals surface area contributed by atoms with Crippen molar-refractivity contribution >= 4 is 15.9 Å². The second kappa shape index (κ2) is 6.69. The van der Waals surface area contributed by atoms with Gasteiger partial charge in [-0.05, 0) is 17.0 Å². The molecule has 0 saturated carbocycles. The van der Waals surface area contributed by atoms with Crippen LogP contribution in [0.2, 0.25) is 0 Å². The minimum Gasteiger partial charge on any atom is -0.378 e. The number of rotatable bonds is 4. The normalized spacial score (nSPS) is 21.4. The smallest absolute Gasteiger partial charge is 0.0630 e. The molecule has 1 heterocycles. The lowest BCUT2D eigenvalue weighted by Gasteiger charge is -2.34. The summed E-state index contributed by atoms with van der Waals surface area (Å²) in [5.41, 5.74) is 2.81. The predicted octanol–water partition coefficient (Wildman–Crippen LogP) is 3.41. The molecule has 1 aromatic carbocycles. The Balaban J connectivity index is 1.99. The number of benzene rings is 1. The predicted molar refractivity (Wildman–Crippen MR) is 79.3 cm³/mol. The van der Waals surface area contributed by atoms with Crippen molar-refractivity contribution in [2.24, 2.45) is 0 Å². The Hall–Kier alpha value is -0.380. The molecule has 2 rings (SSSR count). The summed E-state index contributed by atoms with van der Waals surface area (Å²) in [6.45, 7) is 8.22. The lowest BCUT2D eigenvalue weighted by Crippen LogP contribution is -2.45. The van der Waals surface area contributed by atoms with Crippen LogP contribution in [0.5, 0.6) is 0 Å². The summed E-state index contributed by atoms with van der Waals surface area (Å²) in [5, 5.41) is 0.983. The van der Waals surface area contributed by atoms with Crippen LogP contribution in [-0.4, -0.2) is 36.0 Å². The van der Waals surface area contributed by atoms with Gasteiger partial charge in [0.05, 0.1) is 13.2 Å². The largest absolute Gasteiger partial charge is 0.378 e. The van der Waals surface area contributed by atoms with E-state index in [0.29, 0.717) is 12.0 Å². The molecule has 2 nitrogen and oxygen atoms in total. The lowest BCUT2D eigenvalue weighted by molar-refractivity contribution is -0.00212. The Morgan fingerprint density at radius 2 is 2.06 bits per heavy atom. The Bertz CT molecular complexity index is 363. The van der Waals surface area contributed by atoms with Crippen molar-refractivity contribution in [3.63, 3.8) is 0 Å². The summed E-state index contributed by atoms with van der Waals surface area (Å²) in [5.74, 6) is 0.609. The Kier molecular flexibility index (Phi) is 5.22. The van der Waals surface area contributed by atoms with Crippen molar-refractivity contribution in [3.05, 3.63) is 35.4 Å². The Labute approximate surface area is 118 Å². The molecular formula is C15H22BrNO. The Morgan fingerprint density at radius 3 is 2.67 bits per heavy atom. The van der Waals surface area contributed by atoms with Gasteiger partial charge in [0.2, 0.25) is 0 Å². The molecule has 1 aromatic rings. The van der Waals surface area contributed by atoms with Crippen LogP contribution in [0.25, 0.3) is 0 Å². The summed E-state index contributed by atoms with van der Waals surface area (Å²) in [6, 6.07) is 9.53. The van der Waals surface area contributed by atoms with E-state index in [1.165, 1.54) is 11.1 Å². The molecule has 0 radical (unpaired) electrons. The highest BCUT2D eigenvalue weighted by Gasteiger charge is 2.21. The van der Waals surface area contributed by atoms with Crippen LogP contribution in [0.15, 0.2) is 24.3 Å². The lowest BCUT2D eigenvalue weighted by atomic mass is 10.0. The standard InChI is InChI=1S/C15H22BrNO/c1-12(2)14-5-3-13(4-6-14)10-17-7-8-18-11-15(17)9-16/h3-6,12,15H,7-11H2,1-2H3.